The molecule has 13 heteroatoms. The minimum absolute atomic E-state index is 0.340. The van der Waals surface area contributed by atoms with E-state index in [1.54, 1.807) is 48.5 Å². The van der Waals surface area contributed by atoms with Gasteiger partial charge in [0, 0.05) is 27.0 Å². The average molecular weight is 879 g/mol. The lowest BCUT2D eigenvalue weighted by molar-refractivity contribution is 0.433. The van der Waals surface area contributed by atoms with Gasteiger partial charge < -0.3 is 4.57 Å². The first kappa shape index (κ1) is 46.2. The van der Waals surface area contributed by atoms with E-state index in [1.807, 2.05) is 107 Å². The molecule has 0 N–H and O–H groups in total. The molecule has 7 aromatic rings. The summed E-state index contributed by atoms with van der Waals surface area (Å²) in [4.78, 5) is 0.680. The zero-order valence-corrected chi connectivity index (χ0v) is 35.4. The van der Waals surface area contributed by atoms with Gasteiger partial charge >= 0.3 is 0 Å². The van der Waals surface area contributed by atoms with Gasteiger partial charge in [0.2, 0.25) is 9.84 Å². The highest BCUT2D eigenvalue weighted by Gasteiger charge is 2.33. The highest BCUT2D eigenvalue weighted by atomic mass is 32.2. The standard InChI is InChI=1S/C20H19OP.C14H6F8.C14H14O2S/c1-16-8-12-19(13-9-16)22(21,18-6-4-3-5-7-18)20-14-10-17(2)11-15-20;1-3-7(15)11(19)5(12(20)8(3)16)6-13(21)9(17)4(2)10(18)14(6)22;1-11-3-7-13(8-4-11)17(15,16)14-9-5-12(2)6-10-14/h3-15H,1-2H3;1-2H3;3-10H,1-2H3. The number of rotatable bonds is 6. The Bertz CT molecular complexity index is 2620. The van der Waals surface area contributed by atoms with Crippen LogP contribution in [0.1, 0.15) is 33.4 Å². The van der Waals surface area contributed by atoms with Gasteiger partial charge in [0.1, 0.15) is 0 Å². The molecule has 0 saturated heterocycles. The highest BCUT2D eigenvalue weighted by molar-refractivity contribution is 7.91. The molecular formula is C48H39F8O3PS. The summed E-state index contributed by atoms with van der Waals surface area (Å²) in [5.41, 5.74) is -1.41. The molecule has 7 rings (SSSR count). The Balaban J connectivity index is 0.000000175. The van der Waals surface area contributed by atoms with E-state index >= 15 is 0 Å². The predicted molar refractivity (Wildman–Crippen MR) is 224 cm³/mol. The van der Waals surface area contributed by atoms with E-state index in [1.165, 1.54) is 11.1 Å². The van der Waals surface area contributed by atoms with Crippen molar-refractivity contribution < 1.29 is 48.1 Å². The molecule has 316 valence electrons. The first-order valence-electron chi connectivity index (χ1n) is 18.6. The van der Waals surface area contributed by atoms with Gasteiger partial charge in [0.15, 0.2) is 53.7 Å². The molecule has 0 atom stereocenters. The molecular weight excluding hydrogens is 840 g/mol. The zero-order valence-electron chi connectivity index (χ0n) is 33.7. The molecule has 0 heterocycles. The Labute approximate surface area is 349 Å². The number of benzene rings is 7. The van der Waals surface area contributed by atoms with E-state index in [0.29, 0.717) is 23.6 Å². The van der Waals surface area contributed by atoms with Gasteiger partial charge in [0.25, 0.3) is 0 Å². The minimum Gasteiger partial charge on any atom is -0.309 e. The second-order valence-corrected chi connectivity index (χ2v) is 19.0. The maximum Gasteiger partial charge on any atom is 0.206 e. The van der Waals surface area contributed by atoms with Crippen molar-refractivity contribution >= 4 is 32.9 Å². The van der Waals surface area contributed by atoms with Crippen molar-refractivity contribution in [2.75, 3.05) is 0 Å². The molecule has 0 aliphatic rings. The van der Waals surface area contributed by atoms with Crippen LogP contribution in [0.15, 0.2) is 137 Å². The normalized spacial score (nSPS) is 11.3. The lowest BCUT2D eigenvalue weighted by atomic mass is 9.98. The number of hydrogen-bond donors (Lipinski definition) is 0. The first-order chi connectivity index (χ1) is 28.7. The van der Waals surface area contributed by atoms with Crippen molar-refractivity contribution in [3.8, 4) is 11.1 Å². The second kappa shape index (κ2) is 18.8. The van der Waals surface area contributed by atoms with Crippen molar-refractivity contribution in [1.82, 2.24) is 0 Å². The van der Waals surface area contributed by atoms with E-state index in [-0.39, 0.29) is 0 Å². The van der Waals surface area contributed by atoms with Gasteiger partial charge in [-0.15, -0.1) is 0 Å². The lowest BCUT2D eigenvalue weighted by Crippen LogP contribution is -2.25. The summed E-state index contributed by atoms with van der Waals surface area (Å²) >= 11 is 0. The molecule has 0 aliphatic heterocycles. The minimum atomic E-state index is -3.37. The van der Waals surface area contributed by atoms with Crippen molar-refractivity contribution in [2.45, 2.75) is 51.3 Å². The second-order valence-electron chi connectivity index (χ2n) is 14.3. The molecule has 3 nitrogen and oxygen atoms in total. The third-order valence-corrected chi connectivity index (χ3v) is 14.7. The van der Waals surface area contributed by atoms with Gasteiger partial charge in [-0.2, -0.15) is 0 Å². The van der Waals surface area contributed by atoms with Gasteiger partial charge in [-0.1, -0.05) is 125 Å². The monoisotopic (exact) mass is 878 g/mol. The van der Waals surface area contributed by atoms with E-state index in [0.717, 1.165) is 27.0 Å². The Hall–Kier alpha value is -5.84. The maximum absolute atomic E-state index is 14.0. The number of hydrogen-bond acceptors (Lipinski definition) is 3. The summed E-state index contributed by atoms with van der Waals surface area (Å²) in [5, 5.41) is 2.64. The summed E-state index contributed by atoms with van der Waals surface area (Å²) < 4.78 is 147. The molecule has 0 radical (unpaired) electrons. The highest BCUT2D eigenvalue weighted by Crippen LogP contribution is 2.42. The summed E-state index contributed by atoms with van der Waals surface area (Å²) in [6.45, 7) is 9.32. The molecule has 0 amide bonds. The van der Waals surface area contributed by atoms with Crippen LogP contribution in [0, 0.1) is 88.1 Å². The van der Waals surface area contributed by atoms with Crippen LogP contribution in [0.5, 0.6) is 0 Å². The molecule has 0 spiro atoms. The van der Waals surface area contributed by atoms with E-state index in [2.05, 4.69) is 0 Å². The van der Waals surface area contributed by atoms with Crippen molar-refractivity contribution in [3.05, 3.63) is 207 Å². The summed E-state index contributed by atoms with van der Waals surface area (Å²) in [7, 11) is -6.19. The zero-order chi connectivity index (χ0) is 45.0. The average Bonchev–Trinajstić information content (AvgIpc) is 3.26. The molecule has 0 aliphatic carbocycles. The number of halogens is 8. The van der Waals surface area contributed by atoms with Crippen LogP contribution in [-0.4, -0.2) is 8.42 Å². The van der Waals surface area contributed by atoms with Gasteiger partial charge in [0.05, 0.1) is 20.9 Å². The fourth-order valence-corrected chi connectivity index (χ4v) is 9.97. The van der Waals surface area contributed by atoms with Crippen LogP contribution >= 0.6 is 7.14 Å². The SMILES string of the molecule is Cc1c(F)c(F)c(-c2c(F)c(F)c(C)c(F)c2F)c(F)c1F.Cc1ccc(P(=O)(c2ccccc2)c2ccc(C)cc2)cc1.Cc1ccc(S(=O)(=O)c2ccc(C)cc2)cc1. The third kappa shape index (κ3) is 9.56. The topological polar surface area (TPSA) is 51.2 Å². The van der Waals surface area contributed by atoms with Gasteiger partial charge in [-0.25, -0.2) is 43.5 Å². The Kier molecular flexibility index (Phi) is 14.3. The van der Waals surface area contributed by atoms with Crippen LogP contribution in [0.3, 0.4) is 0 Å². The molecule has 0 aromatic heterocycles. The fourth-order valence-electron chi connectivity index (χ4n) is 6.09. The summed E-state index contributed by atoms with van der Waals surface area (Å²) in [6.07, 6.45) is 0. The van der Waals surface area contributed by atoms with E-state index < -0.39 is 85.8 Å². The summed E-state index contributed by atoms with van der Waals surface area (Å²) in [5.74, 6) is -16.3. The largest absolute Gasteiger partial charge is 0.309 e. The van der Waals surface area contributed by atoms with Crippen LogP contribution in [0.2, 0.25) is 0 Å². The smallest absolute Gasteiger partial charge is 0.206 e. The maximum atomic E-state index is 14.0. The van der Waals surface area contributed by atoms with Gasteiger partial charge in [-0.05, 0) is 65.8 Å². The lowest BCUT2D eigenvalue weighted by Gasteiger charge is -2.20. The Morgan fingerprint density at radius 3 is 0.869 bits per heavy atom. The molecule has 0 unspecified atom stereocenters. The van der Waals surface area contributed by atoms with E-state index in [4.69, 9.17) is 0 Å². The van der Waals surface area contributed by atoms with Gasteiger partial charge in [-0.3, -0.25) is 0 Å². The van der Waals surface area contributed by atoms with Crippen LogP contribution in [0.4, 0.5) is 35.1 Å². The Morgan fingerprint density at radius 2 is 0.590 bits per heavy atom. The number of sulfone groups is 1. The van der Waals surface area contributed by atoms with Crippen LogP contribution < -0.4 is 15.9 Å². The molecule has 0 fully saturated rings. The third-order valence-electron chi connectivity index (χ3n) is 9.79. The quantitative estimate of drug-likeness (QED) is 0.0950. The molecule has 7 aromatic carbocycles. The first-order valence-corrected chi connectivity index (χ1v) is 21.7. The molecule has 0 bridgehead atoms. The number of aryl methyl sites for hydroxylation is 4. The molecule has 61 heavy (non-hydrogen) atoms. The van der Waals surface area contributed by atoms with Crippen LogP contribution in [-0.2, 0) is 14.4 Å². The van der Waals surface area contributed by atoms with Crippen LogP contribution in [0.25, 0.3) is 11.1 Å². The van der Waals surface area contributed by atoms with Crippen molar-refractivity contribution in [3.63, 3.8) is 0 Å². The van der Waals surface area contributed by atoms with Crippen molar-refractivity contribution in [2.24, 2.45) is 0 Å². The fraction of sp³-hybridized carbons (Fsp3) is 0.125. The van der Waals surface area contributed by atoms with E-state index in [9.17, 15) is 48.1 Å². The predicted octanol–water partition coefficient (Wildman–Crippen LogP) is 12.2. The molecule has 0 saturated carbocycles. The summed E-state index contributed by atoms with van der Waals surface area (Å²) in [6, 6.07) is 39.6. The van der Waals surface area contributed by atoms with Crippen molar-refractivity contribution in [1.29, 1.82) is 0 Å². The Morgan fingerprint density at radius 1 is 0.344 bits per heavy atom.